The molecule has 26 heavy (non-hydrogen) atoms. The van der Waals surface area contributed by atoms with Crippen molar-refractivity contribution in [3.63, 3.8) is 0 Å². The van der Waals surface area contributed by atoms with Crippen molar-refractivity contribution < 1.29 is 9.53 Å². The highest BCUT2D eigenvalue weighted by atomic mass is 35.5. The maximum atomic E-state index is 12.5. The first-order chi connectivity index (χ1) is 12.5. The molecule has 1 aliphatic heterocycles. The number of nitrogens with one attached hydrogen (secondary N) is 1. The molecule has 1 N–H and O–H groups in total. The van der Waals surface area contributed by atoms with Gasteiger partial charge in [-0.2, -0.15) is 0 Å². The van der Waals surface area contributed by atoms with Crippen LogP contribution in [0.25, 0.3) is 0 Å². The van der Waals surface area contributed by atoms with Gasteiger partial charge in [-0.15, -0.1) is 11.8 Å². The summed E-state index contributed by atoms with van der Waals surface area (Å²) in [5.41, 5.74) is 1.90. The van der Waals surface area contributed by atoms with Crippen LogP contribution in [0.1, 0.15) is 6.92 Å². The molecule has 0 aromatic heterocycles. The van der Waals surface area contributed by atoms with E-state index in [1.807, 2.05) is 31.2 Å². The van der Waals surface area contributed by atoms with E-state index in [0.717, 1.165) is 42.6 Å². The number of thioether (sulfide) groups is 1. The van der Waals surface area contributed by atoms with E-state index >= 15 is 0 Å². The van der Waals surface area contributed by atoms with E-state index in [1.165, 1.54) is 11.8 Å². The van der Waals surface area contributed by atoms with Gasteiger partial charge in [-0.25, -0.2) is 0 Å². The van der Waals surface area contributed by atoms with E-state index in [9.17, 15) is 4.79 Å². The lowest BCUT2D eigenvalue weighted by Gasteiger charge is -2.29. The minimum absolute atomic E-state index is 0.0925. The zero-order valence-electron chi connectivity index (χ0n) is 14.4. The Labute approximate surface area is 167 Å². The molecule has 138 valence electrons. The summed E-state index contributed by atoms with van der Waals surface area (Å²) in [5, 5.41) is 3.72. The summed E-state index contributed by atoms with van der Waals surface area (Å²) in [4.78, 5) is 15.5. The van der Waals surface area contributed by atoms with E-state index < -0.39 is 0 Å². The number of amides is 1. The minimum Gasteiger partial charge on any atom is -0.378 e. The van der Waals surface area contributed by atoms with Gasteiger partial charge in [0.05, 0.1) is 28.5 Å². The molecule has 4 nitrogen and oxygen atoms in total. The van der Waals surface area contributed by atoms with Crippen molar-refractivity contribution in [1.82, 2.24) is 0 Å². The van der Waals surface area contributed by atoms with Gasteiger partial charge < -0.3 is 15.0 Å². The van der Waals surface area contributed by atoms with Gasteiger partial charge in [-0.1, -0.05) is 29.3 Å². The summed E-state index contributed by atoms with van der Waals surface area (Å²) < 4.78 is 5.37. The SMILES string of the molecule is CC(Sc1c(Cl)cccc1Cl)C(=O)Nc1ccc(N2CCOCC2)cc1. The largest absolute Gasteiger partial charge is 0.378 e. The first-order valence-corrected chi connectivity index (χ1v) is 10.0. The highest BCUT2D eigenvalue weighted by Crippen LogP contribution is 2.36. The molecule has 0 saturated carbocycles. The molecule has 1 fully saturated rings. The second kappa shape index (κ2) is 9.00. The van der Waals surface area contributed by atoms with E-state index in [4.69, 9.17) is 27.9 Å². The maximum absolute atomic E-state index is 12.5. The van der Waals surface area contributed by atoms with Crippen molar-refractivity contribution in [3.05, 3.63) is 52.5 Å². The molecule has 1 saturated heterocycles. The zero-order valence-corrected chi connectivity index (χ0v) is 16.7. The van der Waals surface area contributed by atoms with Crippen molar-refractivity contribution in [2.45, 2.75) is 17.1 Å². The normalized spacial score (nSPS) is 15.6. The lowest BCUT2D eigenvalue weighted by molar-refractivity contribution is -0.115. The minimum atomic E-state index is -0.327. The Bertz CT molecular complexity index is 744. The first-order valence-electron chi connectivity index (χ1n) is 8.39. The fraction of sp³-hybridized carbons (Fsp3) is 0.316. The molecule has 7 heteroatoms. The fourth-order valence-electron chi connectivity index (χ4n) is 2.65. The molecule has 0 spiro atoms. The number of carbonyl (C=O) groups excluding carboxylic acids is 1. The first kappa shape index (κ1) is 19.4. The van der Waals surface area contributed by atoms with Crippen LogP contribution in [0.3, 0.4) is 0 Å². The van der Waals surface area contributed by atoms with Gasteiger partial charge in [0.15, 0.2) is 0 Å². The predicted octanol–water partition coefficient (Wildman–Crippen LogP) is 4.95. The number of rotatable bonds is 5. The molecule has 1 heterocycles. The maximum Gasteiger partial charge on any atom is 0.237 e. The summed E-state index contributed by atoms with van der Waals surface area (Å²) in [6, 6.07) is 13.2. The highest BCUT2D eigenvalue weighted by Gasteiger charge is 2.18. The third-order valence-electron chi connectivity index (χ3n) is 4.09. The molecule has 1 amide bonds. The van der Waals surface area contributed by atoms with Crippen LogP contribution in [0.2, 0.25) is 10.0 Å². The smallest absolute Gasteiger partial charge is 0.237 e. The fourth-order valence-corrected chi connectivity index (χ4v) is 4.19. The number of morpholine rings is 1. The summed E-state index contributed by atoms with van der Waals surface area (Å²) in [7, 11) is 0. The molecular formula is C19H20Cl2N2O2S. The van der Waals surface area contributed by atoms with Crippen molar-refractivity contribution >= 4 is 52.2 Å². The third kappa shape index (κ3) is 4.86. The molecule has 1 atom stereocenters. The number of benzene rings is 2. The van der Waals surface area contributed by atoms with E-state index in [1.54, 1.807) is 18.2 Å². The Morgan fingerprint density at radius 2 is 1.73 bits per heavy atom. The summed E-state index contributed by atoms with van der Waals surface area (Å²) in [6.07, 6.45) is 0. The van der Waals surface area contributed by atoms with Crippen LogP contribution in [0.15, 0.2) is 47.4 Å². The van der Waals surface area contributed by atoms with Crippen molar-refractivity contribution in [1.29, 1.82) is 0 Å². The van der Waals surface area contributed by atoms with E-state index in [-0.39, 0.29) is 11.2 Å². The summed E-state index contributed by atoms with van der Waals surface area (Å²) in [5.74, 6) is -0.0925. The van der Waals surface area contributed by atoms with Gasteiger partial charge in [0.2, 0.25) is 5.91 Å². The van der Waals surface area contributed by atoms with Gasteiger partial charge in [-0.3, -0.25) is 4.79 Å². The van der Waals surface area contributed by atoms with E-state index in [2.05, 4.69) is 10.2 Å². The Hall–Kier alpha value is -1.40. The second-order valence-corrected chi connectivity index (χ2v) is 8.11. The zero-order chi connectivity index (χ0) is 18.5. The molecular weight excluding hydrogens is 391 g/mol. The van der Waals surface area contributed by atoms with Crippen LogP contribution in [-0.4, -0.2) is 37.5 Å². The number of ether oxygens (including phenoxy) is 1. The Balaban J connectivity index is 1.60. The second-order valence-electron chi connectivity index (χ2n) is 5.95. The molecule has 3 rings (SSSR count). The highest BCUT2D eigenvalue weighted by molar-refractivity contribution is 8.00. The number of nitrogens with zero attached hydrogens (tertiary/aromatic N) is 1. The standard InChI is InChI=1S/C19H20Cl2N2O2S/c1-13(26-18-16(20)3-2-4-17(18)21)19(24)22-14-5-7-15(8-6-14)23-9-11-25-12-10-23/h2-8,13H,9-12H2,1H3,(H,22,24). The Morgan fingerprint density at radius 3 is 2.35 bits per heavy atom. The van der Waals surface area contributed by atoms with Gasteiger partial charge >= 0.3 is 0 Å². The quantitative estimate of drug-likeness (QED) is 0.707. The van der Waals surface area contributed by atoms with Gasteiger partial charge in [-0.05, 0) is 43.3 Å². The molecule has 1 aliphatic rings. The molecule has 0 radical (unpaired) electrons. The van der Waals surface area contributed by atoms with Crippen LogP contribution in [0, 0.1) is 0 Å². The molecule has 0 bridgehead atoms. The molecule has 2 aromatic carbocycles. The topological polar surface area (TPSA) is 41.6 Å². The van der Waals surface area contributed by atoms with Crippen LogP contribution in [0.5, 0.6) is 0 Å². The predicted molar refractivity (Wildman–Crippen MR) is 110 cm³/mol. The number of hydrogen-bond donors (Lipinski definition) is 1. The number of halogens is 2. The summed E-state index contributed by atoms with van der Waals surface area (Å²) >= 11 is 13.7. The van der Waals surface area contributed by atoms with Gasteiger partial charge in [0.25, 0.3) is 0 Å². The monoisotopic (exact) mass is 410 g/mol. The Morgan fingerprint density at radius 1 is 1.12 bits per heavy atom. The Kier molecular flexibility index (Phi) is 6.70. The van der Waals surface area contributed by atoms with Gasteiger partial charge in [0.1, 0.15) is 0 Å². The number of hydrogen-bond acceptors (Lipinski definition) is 4. The van der Waals surface area contributed by atoms with Crippen molar-refractivity contribution in [2.24, 2.45) is 0 Å². The van der Waals surface area contributed by atoms with Crippen LogP contribution in [0.4, 0.5) is 11.4 Å². The molecule has 2 aromatic rings. The number of carbonyl (C=O) groups is 1. The van der Waals surface area contributed by atoms with Crippen molar-refractivity contribution in [3.8, 4) is 0 Å². The average Bonchev–Trinajstić information content (AvgIpc) is 2.66. The average molecular weight is 411 g/mol. The van der Waals surface area contributed by atoms with E-state index in [0.29, 0.717) is 10.0 Å². The van der Waals surface area contributed by atoms with Gasteiger partial charge in [0, 0.05) is 29.4 Å². The summed E-state index contributed by atoms with van der Waals surface area (Å²) in [6.45, 7) is 5.10. The number of anilines is 2. The lowest BCUT2D eigenvalue weighted by atomic mass is 10.2. The van der Waals surface area contributed by atoms with Crippen LogP contribution in [-0.2, 0) is 9.53 Å². The van der Waals surface area contributed by atoms with Crippen LogP contribution < -0.4 is 10.2 Å². The van der Waals surface area contributed by atoms with Crippen LogP contribution >= 0.6 is 35.0 Å². The third-order valence-corrected chi connectivity index (χ3v) is 6.19. The van der Waals surface area contributed by atoms with Crippen molar-refractivity contribution in [2.75, 3.05) is 36.5 Å². The lowest BCUT2D eigenvalue weighted by Crippen LogP contribution is -2.36. The molecule has 1 unspecified atom stereocenters. The molecule has 0 aliphatic carbocycles.